The first-order valence-electron chi connectivity index (χ1n) is 9.31. The molecular weight excluding hydrogens is 298 g/mol. The van der Waals surface area contributed by atoms with E-state index in [0.717, 1.165) is 31.5 Å². The van der Waals surface area contributed by atoms with E-state index in [9.17, 15) is 4.79 Å². The summed E-state index contributed by atoms with van der Waals surface area (Å²) in [5.74, 6) is 0.453. The lowest BCUT2D eigenvalue weighted by molar-refractivity contribution is 0.0696. The van der Waals surface area contributed by atoms with Gasteiger partial charge in [0.05, 0.1) is 5.54 Å². The van der Waals surface area contributed by atoms with E-state index in [1.807, 2.05) is 10.7 Å². The molecule has 0 spiro atoms. The summed E-state index contributed by atoms with van der Waals surface area (Å²) in [5, 5.41) is 4.70. The Bertz CT molecular complexity index is 587. The minimum Gasteiger partial charge on any atom is -0.334 e. The molecule has 0 saturated carbocycles. The van der Waals surface area contributed by atoms with Crippen molar-refractivity contribution in [3.05, 3.63) is 17.5 Å². The minimum absolute atomic E-state index is 0.103. The molecule has 1 aliphatic heterocycles. The van der Waals surface area contributed by atoms with Gasteiger partial charge < -0.3 is 4.90 Å². The second-order valence-electron chi connectivity index (χ2n) is 9.75. The van der Waals surface area contributed by atoms with Gasteiger partial charge >= 0.3 is 0 Å². The molecule has 1 atom stereocenters. The van der Waals surface area contributed by atoms with E-state index in [4.69, 9.17) is 5.10 Å². The molecule has 4 nitrogen and oxygen atoms in total. The van der Waals surface area contributed by atoms with Crippen LogP contribution < -0.4 is 0 Å². The average molecular weight is 334 g/mol. The Morgan fingerprint density at radius 1 is 1.25 bits per heavy atom. The van der Waals surface area contributed by atoms with Gasteiger partial charge in [0.25, 0.3) is 5.91 Å². The van der Waals surface area contributed by atoms with E-state index in [0.29, 0.717) is 17.7 Å². The molecule has 1 aromatic rings. The van der Waals surface area contributed by atoms with E-state index in [1.165, 1.54) is 0 Å². The predicted molar refractivity (Wildman–Crippen MR) is 99.4 cm³/mol. The normalized spacial score (nSPS) is 19.4. The van der Waals surface area contributed by atoms with Crippen LogP contribution in [0.4, 0.5) is 0 Å². The summed E-state index contributed by atoms with van der Waals surface area (Å²) >= 11 is 0. The molecule has 1 fully saturated rings. The Labute approximate surface area is 147 Å². The maximum absolute atomic E-state index is 13.1. The highest BCUT2D eigenvalue weighted by Gasteiger charge is 2.34. The fourth-order valence-corrected chi connectivity index (χ4v) is 3.62. The molecule has 1 aliphatic rings. The van der Waals surface area contributed by atoms with Crippen LogP contribution in [0.25, 0.3) is 0 Å². The molecule has 0 aromatic carbocycles. The van der Waals surface area contributed by atoms with Crippen molar-refractivity contribution in [1.82, 2.24) is 14.7 Å². The highest BCUT2D eigenvalue weighted by atomic mass is 16.2. The minimum atomic E-state index is -0.117. The maximum Gasteiger partial charge on any atom is 0.274 e. The fourth-order valence-electron chi connectivity index (χ4n) is 3.62. The van der Waals surface area contributed by atoms with Gasteiger partial charge in [0.15, 0.2) is 5.69 Å². The number of rotatable bonds is 3. The third-order valence-corrected chi connectivity index (χ3v) is 4.67. The fraction of sp³-hybridized carbons (Fsp3) is 0.800. The number of nitrogens with zero attached hydrogens (tertiary/aromatic N) is 3. The lowest BCUT2D eigenvalue weighted by atomic mass is 9.87. The molecule has 1 amide bonds. The number of hydrogen-bond donors (Lipinski definition) is 0. The second kappa shape index (κ2) is 6.53. The lowest BCUT2D eigenvalue weighted by Gasteiger charge is -2.30. The zero-order chi connectivity index (χ0) is 18.3. The summed E-state index contributed by atoms with van der Waals surface area (Å²) in [5.41, 5.74) is 1.86. The van der Waals surface area contributed by atoms with Gasteiger partial charge in [0, 0.05) is 18.3 Å². The first-order chi connectivity index (χ1) is 10.9. The van der Waals surface area contributed by atoms with Gasteiger partial charge in [-0.2, -0.15) is 5.10 Å². The molecule has 0 radical (unpaired) electrons. The molecule has 2 heterocycles. The summed E-state index contributed by atoms with van der Waals surface area (Å²) < 4.78 is 2.03. The van der Waals surface area contributed by atoms with Crippen LogP contribution in [0.5, 0.6) is 0 Å². The van der Waals surface area contributed by atoms with Gasteiger partial charge in [0.2, 0.25) is 0 Å². The van der Waals surface area contributed by atoms with Gasteiger partial charge in [-0.25, -0.2) is 0 Å². The highest BCUT2D eigenvalue weighted by molar-refractivity contribution is 5.92. The standard InChI is InChI=1S/C20H35N3O/c1-14(2)17-12-16(21-23(17)20(6,7)8)18(24)22-11-9-10-15(22)13-19(3,4)5/h12,14-15H,9-11,13H2,1-8H3. The van der Waals surface area contributed by atoms with Gasteiger partial charge in [-0.1, -0.05) is 34.6 Å². The molecule has 0 N–H and O–H groups in total. The van der Waals surface area contributed by atoms with Gasteiger partial charge in [-0.3, -0.25) is 9.48 Å². The topological polar surface area (TPSA) is 38.1 Å². The Morgan fingerprint density at radius 3 is 2.33 bits per heavy atom. The van der Waals surface area contributed by atoms with Crippen LogP contribution in [0.2, 0.25) is 0 Å². The van der Waals surface area contributed by atoms with Crippen molar-refractivity contribution in [3.63, 3.8) is 0 Å². The average Bonchev–Trinajstić information content (AvgIpc) is 3.01. The van der Waals surface area contributed by atoms with Crippen LogP contribution in [0, 0.1) is 5.41 Å². The number of amides is 1. The van der Waals surface area contributed by atoms with Crippen molar-refractivity contribution in [1.29, 1.82) is 0 Å². The van der Waals surface area contributed by atoms with Crippen LogP contribution in [-0.4, -0.2) is 33.2 Å². The molecule has 24 heavy (non-hydrogen) atoms. The molecule has 1 aromatic heterocycles. The number of carbonyl (C=O) groups excluding carboxylic acids is 1. The molecule has 0 bridgehead atoms. The quantitative estimate of drug-likeness (QED) is 0.796. The molecule has 136 valence electrons. The summed E-state index contributed by atoms with van der Waals surface area (Å²) in [6.07, 6.45) is 3.26. The van der Waals surface area contributed by atoms with Crippen LogP contribution in [0.15, 0.2) is 6.07 Å². The van der Waals surface area contributed by atoms with Gasteiger partial charge in [0.1, 0.15) is 0 Å². The Kier molecular flexibility index (Phi) is 5.17. The molecule has 1 saturated heterocycles. The van der Waals surface area contributed by atoms with E-state index in [1.54, 1.807) is 0 Å². The van der Waals surface area contributed by atoms with E-state index >= 15 is 0 Å². The van der Waals surface area contributed by atoms with E-state index in [2.05, 4.69) is 60.3 Å². The molecular formula is C20H35N3O. The zero-order valence-electron chi connectivity index (χ0n) is 16.8. The molecule has 1 unspecified atom stereocenters. The first kappa shape index (κ1) is 19.0. The summed E-state index contributed by atoms with van der Waals surface area (Å²) in [6.45, 7) is 18.3. The number of aromatic nitrogens is 2. The van der Waals surface area contributed by atoms with Gasteiger partial charge in [-0.15, -0.1) is 0 Å². The first-order valence-corrected chi connectivity index (χ1v) is 9.31. The Balaban J connectivity index is 2.29. The summed E-state index contributed by atoms with van der Waals surface area (Å²) in [6, 6.07) is 2.35. The van der Waals surface area contributed by atoms with Crippen molar-refractivity contribution >= 4 is 5.91 Å². The van der Waals surface area contributed by atoms with Crippen molar-refractivity contribution < 1.29 is 4.79 Å². The molecule has 2 rings (SSSR count). The SMILES string of the molecule is CC(C)c1cc(C(=O)N2CCCC2CC(C)(C)C)nn1C(C)(C)C. The van der Waals surface area contributed by atoms with Gasteiger partial charge in [-0.05, 0) is 57.4 Å². The van der Waals surface area contributed by atoms with Crippen molar-refractivity contribution in [2.45, 2.75) is 92.2 Å². The van der Waals surface area contributed by atoms with E-state index < -0.39 is 0 Å². The monoisotopic (exact) mass is 333 g/mol. The summed E-state index contributed by atoms with van der Waals surface area (Å²) in [4.78, 5) is 15.2. The van der Waals surface area contributed by atoms with Crippen molar-refractivity contribution in [3.8, 4) is 0 Å². The zero-order valence-corrected chi connectivity index (χ0v) is 16.8. The Hall–Kier alpha value is -1.32. The second-order valence-corrected chi connectivity index (χ2v) is 9.75. The summed E-state index contributed by atoms with van der Waals surface area (Å²) in [7, 11) is 0. The third-order valence-electron chi connectivity index (χ3n) is 4.67. The third kappa shape index (κ3) is 4.20. The maximum atomic E-state index is 13.1. The predicted octanol–water partition coefficient (Wildman–Crippen LogP) is 4.80. The molecule has 0 aliphatic carbocycles. The molecule has 4 heteroatoms. The van der Waals surface area contributed by atoms with Crippen LogP contribution >= 0.6 is 0 Å². The smallest absolute Gasteiger partial charge is 0.274 e. The van der Waals surface area contributed by atoms with Crippen LogP contribution in [0.3, 0.4) is 0 Å². The van der Waals surface area contributed by atoms with E-state index in [-0.39, 0.29) is 16.9 Å². The lowest BCUT2D eigenvalue weighted by Crippen LogP contribution is -2.38. The number of carbonyl (C=O) groups is 1. The number of hydrogen-bond acceptors (Lipinski definition) is 2. The van der Waals surface area contributed by atoms with Crippen molar-refractivity contribution in [2.75, 3.05) is 6.54 Å². The van der Waals surface area contributed by atoms with Crippen LogP contribution in [0.1, 0.15) is 96.8 Å². The Morgan fingerprint density at radius 2 is 1.88 bits per heavy atom. The highest BCUT2D eigenvalue weighted by Crippen LogP contribution is 2.31. The van der Waals surface area contributed by atoms with Crippen LogP contribution in [-0.2, 0) is 5.54 Å². The van der Waals surface area contributed by atoms with Crippen molar-refractivity contribution in [2.24, 2.45) is 5.41 Å². The number of likely N-dealkylation sites (tertiary alicyclic amines) is 1. The largest absolute Gasteiger partial charge is 0.334 e.